The Hall–Kier alpha value is -0.520. The first-order chi connectivity index (χ1) is 5.70. The number of aliphatic hydroxyl groups is 1. The van der Waals surface area contributed by atoms with Crippen molar-refractivity contribution in [2.75, 3.05) is 13.7 Å². The van der Waals surface area contributed by atoms with Crippen molar-refractivity contribution in [3.8, 4) is 12.3 Å². The molecule has 70 valence electrons. The van der Waals surface area contributed by atoms with Crippen molar-refractivity contribution in [3.05, 3.63) is 0 Å². The average Bonchev–Trinajstić information content (AvgIpc) is 2.01. The summed E-state index contributed by atoms with van der Waals surface area (Å²) < 4.78 is 4.96. The highest BCUT2D eigenvalue weighted by molar-refractivity contribution is 4.84. The monoisotopic (exact) mass is 170 g/mol. The van der Waals surface area contributed by atoms with Gasteiger partial charge in [-0.15, -0.1) is 12.3 Å². The topological polar surface area (TPSA) is 29.5 Å². The fourth-order valence-electron chi connectivity index (χ4n) is 1.18. The van der Waals surface area contributed by atoms with Gasteiger partial charge in [0.05, 0.1) is 6.10 Å². The summed E-state index contributed by atoms with van der Waals surface area (Å²) in [6.07, 6.45) is 6.93. The summed E-state index contributed by atoms with van der Waals surface area (Å²) in [5, 5.41) is 9.43. The van der Waals surface area contributed by atoms with E-state index in [0.717, 1.165) is 6.42 Å². The van der Waals surface area contributed by atoms with Gasteiger partial charge in [-0.1, -0.05) is 6.92 Å². The maximum atomic E-state index is 9.43. The van der Waals surface area contributed by atoms with Gasteiger partial charge in [-0.3, -0.25) is 0 Å². The van der Waals surface area contributed by atoms with Crippen molar-refractivity contribution in [3.63, 3.8) is 0 Å². The van der Waals surface area contributed by atoms with Crippen molar-refractivity contribution in [1.82, 2.24) is 0 Å². The summed E-state index contributed by atoms with van der Waals surface area (Å²) in [7, 11) is 1.67. The van der Waals surface area contributed by atoms with Gasteiger partial charge in [0, 0.05) is 20.1 Å². The first-order valence-corrected chi connectivity index (χ1v) is 4.31. The lowest BCUT2D eigenvalue weighted by Crippen LogP contribution is -2.14. The van der Waals surface area contributed by atoms with E-state index in [2.05, 4.69) is 12.8 Å². The van der Waals surface area contributed by atoms with Crippen LogP contribution in [-0.4, -0.2) is 24.9 Å². The number of rotatable bonds is 6. The van der Waals surface area contributed by atoms with E-state index in [0.29, 0.717) is 25.4 Å². The van der Waals surface area contributed by atoms with E-state index >= 15 is 0 Å². The van der Waals surface area contributed by atoms with Gasteiger partial charge in [0.1, 0.15) is 0 Å². The molecule has 12 heavy (non-hydrogen) atoms. The molecule has 0 radical (unpaired) electrons. The highest BCUT2D eigenvalue weighted by Gasteiger charge is 2.08. The van der Waals surface area contributed by atoms with Crippen LogP contribution >= 0.6 is 0 Å². The van der Waals surface area contributed by atoms with Gasteiger partial charge >= 0.3 is 0 Å². The van der Waals surface area contributed by atoms with E-state index in [9.17, 15) is 5.11 Å². The molecule has 0 aromatic carbocycles. The predicted octanol–water partition coefficient (Wildman–Crippen LogP) is 1.43. The van der Waals surface area contributed by atoms with Crippen LogP contribution in [0.4, 0.5) is 0 Å². The van der Waals surface area contributed by atoms with Crippen LogP contribution in [0.3, 0.4) is 0 Å². The molecule has 0 aliphatic carbocycles. The highest BCUT2D eigenvalue weighted by atomic mass is 16.5. The van der Waals surface area contributed by atoms with Gasteiger partial charge in [0.25, 0.3) is 0 Å². The molecule has 0 fully saturated rings. The van der Waals surface area contributed by atoms with E-state index in [1.54, 1.807) is 7.11 Å². The Morgan fingerprint density at radius 2 is 2.25 bits per heavy atom. The third-order valence-corrected chi connectivity index (χ3v) is 1.75. The van der Waals surface area contributed by atoms with Crippen molar-refractivity contribution in [2.45, 2.75) is 32.3 Å². The Morgan fingerprint density at radius 1 is 1.58 bits per heavy atom. The van der Waals surface area contributed by atoms with Gasteiger partial charge in [-0.2, -0.15) is 0 Å². The number of ether oxygens (including phenoxy) is 1. The molecule has 0 rings (SSSR count). The van der Waals surface area contributed by atoms with Crippen LogP contribution in [0.2, 0.25) is 0 Å². The zero-order valence-corrected chi connectivity index (χ0v) is 7.92. The van der Waals surface area contributed by atoms with Crippen molar-refractivity contribution < 1.29 is 9.84 Å². The summed E-state index contributed by atoms with van der Waals surface area (Å²) in [5.41, 5.74) is 0. The minimum Gasteiger partial charge on any atom is -0.393 e. The van der Waals surface area contributed by atoms with Crippen LogP contribution < -0.4 is 0 Å². The fraction of sp³-hybridized carbons (Fsp3) is 0.800. The molecule has 1 N–H and O–H groups in total. The molecule has 0 heterocycles. The van der Waals surface area contributed by atoms with Crippen LogP contribution in [0.15, 0.2) is 0 Å². The number of hydrogen-bond donors (Lipinski definition) is 1. The Balaban J connectivity index is 3.41. The van der Waals surface area contributed by atoms with Gasteiger partial charge in [0.15, 0.2) is 0 Å². The quantitative estimate of drug-likeness (QED) is 0.611. The van der Waals surface area contributed by atoms with Crippen LogP contribution in [0.1, 0.15) is 26.2 Å². The molecule has 0 bridgehead atoms. The van der Waals surface area contributed by atoms with Crippen molar-refractivity contribution in [1.29, 1.82) is 0 Å². The van der Waals surface area contributed by atoms with E-state index < -0.39 is 0 Å². The number of methoxy groups -OCH3 is 1. The van der Waals surface area contributed by atoms with Crippen LogP contribution in [0.5, 0.6) is 0 Å². The van der Waals surface area contributed by atoms with Gasteiger partial charge in [0.2, 0.25) is 0 Å². The van der Waals surface area contributed by atoms with Crippen LogP contribution in [-0.2, 0) is 4.74 Å². The largest absolute Gasteiger partial charge is 0.393 e. The number of aliphatic hydroxyl groups excluding tert-OH is 1. The summed E-state index contributed by atoms with van der Waals surface area (Å²) in [5.74, 6) is 2.92. The molecular formula is C10H18O2. The minimum absolute atomic E-state index is 0.272. The molecule has 0 amide bonds. The Kier molecular flexibility index (Phi) is 6.84. The molecule has 2 nitrogen and oxygen atoms in total. The molecule has 2 unspecified atom stereocenters. The lowest BCUT2D eigenvalue weighted by atomic mass is 10.0. The summed E-state index contributed by atoms with van der Waals surface area (Å²) in [6.45, 7) is 2.76. The highest BCUT2D eigenvalue weighted by Crippen LogP contribution is 2.09. The normalized spacial score (nSPS) is 15.2. The first kappa shape index (κ1) is 11.5. The third-order valence-electron chi connectivity index (χ3n) is 1.75. The van der Waals surface area contributed by atoms with E-state index in [4.69, 9.17) is 11.2 Å². The molecule has 0 aromatic rings. The summed E-state index contributed by atoms with van der Waals surface area (Å²) >= 11 is 0. The Morgan fingerprint density at radius 3 is 2.75 bits per heavy atom. The van der Waals surface area contributed by atoms with E-state index in [-0.39, 0.29) is 6.10 Å². The van der Waals surface area contributed by atoms with Gasteiger partial charge in [-0.05, 0) is 18.8 Å². The standard InChI is InChI=1S/C10H18O2/c1-4-5-6-10(11)7-9(2)8-12-3/h1,9-11H,5-8H2,2-3H3. The predicted molar refractivity (Wildman–Crippen MR) is 49.7 cm³/mol. The first-order valence-electron chi connectivity index (χ1n) is 4.31. The summed E-state index contributed by atoms with van der Waals surface area (Å²) in [6, 6.07) is 0. The molecule has 0 aliphatic rings. The molecule has 0 aromatic heterocycles. The molecule has 0 spiro atoms. The van der Waals surface area contributed by atoms with Crippen molar-refractivity contribution >= 4 is 0 Å². The SMILES string of the molecule is C#CCCC(O)CC(C)COC. The van der Waals surface area contributed by atoms with Crippen LogP contribution in [0, 0.1) is 18.3 Å². The average molecular weight is 170 g/mol. The zero-order chi connectivity index (χ0) is 9.40. The minimum atomic E-state index is -0.272. The maximum Gasteiger partial charge on any atom is 0.0552 e. The second-order valence-electron chi connectivity index (χ2n) is 3.19. The molecule has 2 atom stereocenters. The Bertz CT molecular complexity index is 137. The second-order valence-corrected chi connectivity index (χ2v) is 3.19. The summed E-state index contributed by atoms with van der Waals surface area (Å²) in [4.78, 5) is 0. The molecule has 2 heteroatoms. The molecule has 0 aliphatic heterocycles. The van der Waals surface area contributed by atoms with E-state index in [1.165, 1.54) is 0 Å². The fourth-order valence-corrected chi connectivity index (χ4v) is 1.18. The van der Waals surface area contributed by atoms with Gasteiger partial charge < -0.3 is 9.84 Å². The maximum absolute atomic E-state index is 9.43. The van der Waals surface area contributed by atoms with Crippen molar-refractivity contribution in [2.24, 2.45) is 5.92 Å². The lowest BCUT2D eigenvalue weighted by Gasteiger charge is -2.14. The molecule has 0 saturated heterocycles. The Labute approximate surface area is 74.9 Å². The lowest BCUT2D eigenvalue weighted by molar-refractivity contribution is 0.0974. The van der Waals surface area contributed by atoms with Gasteiger partial charge in [-0.25, -0.2) is 0 Å². The second kappa shape index (κ2) is 7.15. The van der Waals surface area contributed by atoms with Crippen LogP contribution in [0.25, 0.3) is 0 Å². The van der Waals surface area contributed by atoms with E-state index in [1.807, 2.05) is 0 Å². The molecular weight excluding hydrogens is 152 g/mol. The smallest absolute Gasteiger partial charge is 0.0552 e. The third kappa shape index (κ3) is 6.21. The number of hydrogen-bond acceptors (Lipinski definition) is 2. The zero-order valence-electron chi connectivity index (χ0n) is 7.92. The number of terminal acetylenes is 1. The molecule has 0 saturated carbocycles.